The van der Waals surface area contributed by atoms with Gasteiger partial charge in [-0.3, -0.25) is 0 Å². The van der Waals surface area contributed by atoms with Crippen LogP contribution in [0.25, 0.3) is 33.4 Å². The number of para-hydroxylation sites is 2. The smallest absolute Gasteiger partial charge is 0.246 e. The van der Waals surface area contributed by atoms with Crippen LogP contribution in [0.1, 0.15) is 66.6 Å². The third-order valence-corrected chi connectivity index (χ3v) is 13.9. The molecule has 8 rings (SSSR count). The second-order valence-corrected chi connectivity index (χ2v) is 18.4. The molecule has 2 aliphatic heterocycles. The summed E-state index contributed by atoms with van der Waals surface area (Å²) in [5.74, 6) is 2.26. The quantitative estimate of drug-likeness (QED) is 0.170. The van der Waals surface area contributed by atoms with E-state index in [1.807, 2.05) is 23.4 Å². The van der Waals surface area contributed by atoms with Crippen LogP contribution in [0, 0.1) is 27.7 Å². The van der Waals surface area contributed by atoms with Crippen LogP contribution < -0.4 is 10.2 Å². The first-order valence-electron chi connectivity index (χ1n) is 18.1. The Bertz CT molecular complexity index is 2370. The van der Waals surface area contributed by atoms with Crippen LogP contribution in [0.15, 0.2) is 119 Å². The van der Waals surface area contributed by atoms with Gasteiger partial charge in [0, 0.05) is 36.6 Å². The second-order valence-electron chi connectivity index (χ2n) is 15.4. The number of rotatable bonds is 3. The maximum absolute atomic E-state index is 6.79. The summed E-state index contributed by atoms with van der Waals surface area (Å²) in [6, 6.07) is 40.4. The average molecular weight is 701 g/mol. The normalized spacial score (nSPS) is 15.4. The Kier molecular flexibility index (Phi) is 8.35. The molecule has 0 spiro atoms. The molecule has 0 bridgehead atoms. The number of thioether (sulfide) groups is 1. The summed E-state index contributed by atoms with van der Waals surface area (Å²) in [5.41, 5.74) is 17.9. The van der Waals surface area contributed by atoms with E-state index in [4.69, 9.17) is 4.74 Å². The monoisotopic (exact) mass is 700 g/mol. The largest absolute Gasteiger partial charge is 0.456 e. The summed E-state index contributed by atoms with van der Waals surface area (Å²) in [6.45, 7) is 20.9. The van der Waals surface area contributed by atoms with Crippen LogP contribution in [0.2, 0.25) is 6.82 Å². The van der Waals surface area contributed by atoms with E-state index in [-0.39, 0.29) is 10.2 Å². The van der Waals surface area contributed by atoms with Crippen molar-refractivity contribution in [1.82, 2.24) is 0 Å². The van der Waals surface area contributed by atoms with E-state index in [2.05, 4.69) is 171 Å². The van der Waals surface area contributed by atoms with Crippen LogP contribution >= 0.6 is 23.4 Å². The van der Waals surface area contributed by atoms with Crippen LogP contribution in [0.5, 0.6) is 11.5 Å². The molecule has 2 heterocycles. The van der Waals surface area contributed by atoms with Gasteiger partial charge in [0.2, 0.25) is 5.99 Å². The molecule has 0 radical (unpaired) electrons. The third kappa shape index (κ3) is 5.49. The van der Waals surface area contributed by atoms with Gasteiger partial charge in [0.05, 0.1) is 0 Å². The molecule has 0 saturated heterocycles. The lowest BCUT2D eigenvalue weighted by atomic mass is 9.71. The minimum atomic E-state index is -0.167. The summed E-state index contributed by atoms with van der Waals surface area (Å²) in [5, 5.41) is 0. The minimum absolute atomic E-state index is 0.0809. The molecule has 4 heteroatoms. The second kappa shape index (κ2) is 12.5. The van der Waals surface area contributed by atoms with Crippen molar-refractivity contribution in [2.75, 3.05) is 0 Å². The van der Waals surface area contributed by atoms with Gasteiger partial charge in [-0.15, -0.1) is 11.8 Å². The van der Waals surface area contributed by atoms with Gasteiger partial charge < -0.3 is 4.74 Å². The van der Waals surface area contributed by atoms with Crippen LogP contribution in [-0.2, 0) is 10.2 Å². The van der Waals surface area contributed by atoms with Crippen molar-refractivity contribution in [1.29, 1.82) is 0 Å². The van der Waals surface area contributed by atoms with E-state index in [0.717, 1.165) is 17.1 Å². The Labute approximate surface area is 313 Å². The van der Waals surface area contributed by atoms with Gasteiger partial charge in [0.15, 0.2) is 0 Å². The zero-order valence-corrected chi connectivity index (χ0v) is 32.8. The molecule has 0 aliphatic carbocycles. The number of benzene rings is 6. The van der Waals surface area contributed by atoms with Gasteiger partial charge in [-0.1, -0.05) is 123 Å². The maximum atomic E-state index is 6.79. The molecule has 0 fully saturated rings. The molecule has 2 aliphatic rings. The van der Waals surface area contributed by atoms with E-state index in [0.29, 0.717) is 5.99 Å². The Morgan fingerprint density at radius 1 is 0.549 bits per heavy atom. The lowest BCUT2D eigenvalue weighted by Crippen LogP contribution is -2.29. The zero-order chi connectivity index (χ0) is 35.8. The van der Waals surface area contributed by atoms with Crippen LogP contribution in [0.3, 0.4) is 0 Å². The number of ether oxygens (including phenoxy) is 1. The summed E-state index contributed by atoms with van der Waals surface area (Å²) < 4.78 is 6.70. The highest BCUT2D eigenvalue weighted by Crippen LogP contribution is 2.54. The lowest BCUT2D eigenvalue weighted by Gasteiger charge is -2.35. The van der Waals surface area contributed by atoms with Crippen molar-refractivity contribution in [3.63, 3.8) is 0 Å². The molecule has 51 heavy (non-hydrogen) atoms. The van der Waals surface area contributed by atoms with E-state index < -0.39 is 0 Å². The summed E-state index contributed by atoms with van der Waals surface area (Å²) in [6.07, 6.45) is 0. The van der Waals surface area contributed by atoms with Crippen molar-refractivity contribution < 1.29 is 4.74 Å². The predicted octanol–water partition coefficient (Wildman–Crippen LogP) is 13.3. The van der Waals surface area contributed by atoms with Gasteiger partial charge in [-0.05, 0) is 109 Å². The predicted molar refractivity (Wildman–Crippen MR) is 223 cm³/mol. The zero-order valence-electron chi connectivity index (χ0n) is 31.2. The van der Waals surface area contributed by atoms with Gasteiger partial charge in [0.1, 0.15) is 11.5 Å². The van der Waals surface area contributed by atoms with Crippen molar-refractivity contribution in [2.45, 2.75) is 82.2 Å². The summed E-state index contributed by atoms with van der Waals surface area (Å²) in [4.78, 5) is 2.79. The Morgan fingerprint density at radius 2 is 1.12 bits per heavy atom. The fourth-order valence-electron chi connectivity index (χ4n) is 8.58. The van der Waals surface area contributed by atoms with Crippen molar-refractivity contribution in [3.05, 3.63) is 148 Å². The van der Waals surface area contributed by atoms with Gasteiger partial charge >= 0.3 is 0 Å². The number of hydrogen-bond acceptors (Lipinski definition) is 3. The first-order chi connectivity index (χ1) is 24.4. The number of fused-ring (bicyclic) bond motifs is 4. The SMILES string of the molecule is CB1Sc2c(-c3c(C)ccc(-c4ccc(C)c(-c5cccc6c5Oc5ccccc5C6(C)C)c4C)c3C)cccc2C(C)(C)Sc2ccccc21. The maximum Gasteiger partial charge on any atom is 0.246 e. The molecule has 0 amide bonds. The highest BCUT2D eigenvalue weighted by Gasteiger charge is 2.36. The van der Waals surface area contributed by atoms with E-state index in [1.54, 1.807) is 0 Å². The summed E-state index contributed by atoms with van der Waals surface area (Å²) in [7, 11) is 0. The van der Waals surface area contributed by atoms with E-state index in [9.17, 15) is 0 Å². The molecule has 0 atom stereocenters. The fraction of sp³-hybridized carbons (Fsp3) is 0.234. The fourth-order valence-corrected chi connectivity index (χ4v) is 11.5. The standard InChI is InChI=1S/C47H45BOS2/c1-28-24-26-32(30(3)42(28)34-16-14-19-37-44(34)49-40-22-12-10-18-36(40)46(37,5)6)33-27-25-29(2)43(31(33)4)35-17-15-20-38-45(35)51-48(9)39-21-11-13-23-41(39)50-47(38,7)8/h10-27H,1-9H3. The first-order valence-corrected chi connectivity index (χ1v) is 19.8. The van der Waals surface area contributed by atoms with Gasteiger partial charge in [0.25, 0.3) is 0 Å². The third-order valence-electron chi connectivity index (χ3n) is 11.3. The van der Waals surface area contributed by atoms with E-state index >= 15 is 0 Å². The molecule has 6 aromatic carbocycles. The molecule has 0 aromatic heterocycles. The summed E-state index contributed by atoms with van der Waals surface area (Å²) >= 11 is 4.01. The minimum Gasteiger partial charge on any atom is -0.456 e. The molecule has 0 saturated carbocycles. The van der Waals surface area contributed by atoms with Crippen molar-refractivity contribution in [3.8, 4) is 44.9 Å². The van der Waals surface area contributed by atoms with Gasteiger partial charge in [-0.2, -0.15) is 11.6 Å². The Morgan fingerprint density at radius 3 is 1.82 bits per heavy atom. The molecular weight excluding hydrogens is 655 g/mol. The molecule has 0 unspecified atom stereocenters. The molecule has 254 valence electrons. The van der Waals surface area contributed by atoms with Crippen molar-refractivity contribution >= 4 is 34.8 Å². The van der Waals surface area contributed by atoms with Crippen LogP contribution in [-0.4, -0.2) is 5.99 Å². The molecule has 6 aromatic rings. The lowest BCUT2D eigenvalue weighted by molar-refractivity contribution is 0.419. The van der Waals surface area contributed by atoms with Crippen molar-refractivity contribution in [2.24, 2.45) is 0 Å². The number of hydrogen-bond donors (Lipinski definition) is 0. The first kappa shape index (κ1) is 34.0. The molecule has 0 N–H and O–H groups in total. The highest BCUT2D eigenvalue weighted by molar-refractivity contribution is 8.27. The molecular formula is C47H45BOS2. The topological polar surface area (TPSA) is 9.23 Å². The van der Waals surface area contributed by atoms with Gasteiger partial charge in [-0.25, -0.2) is 0 Å². The van der Waals surface area contributed by atoms with E-state index in [1.165, 1.54) is 82.0 Å². The number of aryl methyl sites for hydroxylation is 2. The van der Waals surface area contributed by atoms with Crippen LogP contribution in [0.4, 0.5) is 0 Å². The Hall–Kier alpha value is -4.12. The highest BCUT2D eigenvalue weighted by atomic mass is 32.2. The molecule has 1 nitrogen and oxygen atoms in total. The Balaban J connectivity index is 1.29. The average Bonchev–Trinajstić information content (AvgIpc) is 3.09.